The molecule has 1 aliphatic heterocycles. The van der Waals surface area contributed by atoms with E-state index in [0.717, 1.165) is 19.3 Å². The Hall–Kier alpha value is -1.84. The van der Waals surface area contributed by atoms with Crippen LogP contribution in [0.1, 0.15) is 24.8 Å². The number of hydrogen-bond acceptors (Lipinski definition) is 2. The predicted molar refractivity (Wildman–Crippen MR) is 67.0 cm³/mol. The molecule has 18 heavy (non-hydrogen) atoms. The van der Waals surface area contributed by atoms with E-state index in [9.17, 15) is 9.59 Å². The molecule has 3 amide bonds. The van der Waals surface area contributed by atoms with Crippen LogP contribution in [0.5, 0.6) is 0 Å². The van der Waals surface area contributed by atoms with E-state index in [0.29, 0.717) is 6.42 Å². The first-order chi connectivity index (χ1) is 8.75. The lowest BCUT2D eigenvalue weighted by atomic mass is 10.1. The number of imide groups is 1. The second kappa shape index (κ2) is 4.44. The Balaban J connectivity index is 1.61. The van der Waals surface area contributed by atoms with Crippen molar-refractivity contribution in [1.82, 2.24) is 10.2 Å². The molecule has 1 atom stereocenters. The van der Waals surface area contributed by atoms with Crippen LogP contribution in [0.3, 0.4) is 0 Å². The maximum atomic E-state index is 12.1. The Morgan fingerprint density at radius 1 is 1.17 bits per heavy atom. The Kier molecular flexibility index (Phi) is 2.78. The Morgan fingerprint density at radius 3 is 2.56 bits per heavy atom. The molecule has 1 saturated carbocycles. The second-order valence-electron chi connectivity index (χ2n) is 4.97. The molecule has 3 rings (SSSR count). The maximum Gasteiger partial charge on any atom is 0.325 e. The van der Waals surface area contributed by atoms with Crippen molar-refractivity contribution in [3.05, 3.63) is 35.9 Å². The zero-order valence-electron chi connectivity index (χ0n) is 10.1. The lowest BCUT2D eigenvalue weighted by Crippen LogP contribution is -2.33. The van der Waals surface area contributed by atoms with E-state index in [-0.39, 0.29) is 24.0 Å². The summed E-state index contributed by atoms with van der Waals surface area (Å²) in [5.74, 6) is -0.0431. The minimum absolute atomic E-state index is 0.0431. The summed E-state index contributed by atoms with van der Waals surface area (Å²) in [5, 5.41) is 2.78. The molecule has 1 unspecified atom stereocenters. The summed E-state index contributed by atoms with van der Waals surface area (Å²) in [5.41, 5.74) is 1.20. The first-order valence-corrected chi connectivity index (χ1v) is 6.43. The number of nitrogens with zero attached hydrogens (tertiary/aromatic N) is 1. The minimum atomic E-state index is -0.335. The molecular weight excluding hydrogens is 228 g/mol. The van der Waals surface area contributed by atoms with Crippen LogP contribution in [0.2, 0.25) is 0 Å². The molecule has 2 fully saturated rings. The van der Waals surface area contributed by atoms with Crippen LogP contribution in [0.4, 0.5) is 4.79 Å². The molecule has 2 aliphatic rings. The molecule has 1 saturated heterocycles. The van der Waals surface area contributed by atoms with Gasteiger partial charge in [-0.15, -0.1) is 0 Å². The molecule has 1 heterocycles. The summed E-state index contributed by atoms with van der Waals surface area (Å²) in [7, 11) is 0. The van der Waals surface area contributed by atoms with Gasteiger partial charge in [0.2, 0.25) is 0 Å². The fourth-order valence-corrected chi connectivity index (χ4v) is 2.38. The third kappa shape index (κ3) is 2.10. The van der Waals surface area contributed by atoms with Gasteiger partial charge in [0.25, 0.3) is 5.91 Å². The van der Waals surface area contributed by atoms with E-state index in [1.165, 1.54) is 10.5 Å². The van der Waals surface area contributed by atoms with E-state index >= 15 is 0 Å². The third-order valence-corrected chi connectivity index (χ3v) is 3.53. The predicted octanol–water partition coefficient (Wildman–Crippen LogP) is 1.70. The minimum Gasteiger partial charge on any atom is -0.326 e. The highest BCUT2D eigenvalue weighted by atomic mass is 16.2. The van der Waals surface area contributed by atoms with Crippen LogP contribution < -0.4 is 5.32 Å². The summed E-state index contributed by atoms with van der Waals surface area (Å²) in [6.07, 6.45) is 3.42. The largest absolute Gasteiger partial charge is 0.326 e. The van der Waals surface area contributed by atoms with Gasteiger partial charge in [-0.3, -0.25) is 9.69 Å². The molecule has 0 aromatic heterocycles. The van der Waals surface area contributed by atoms with Crippen LogP contribution in [-0.2, 0) is 11.2 Å². The molecule has 1 N–H and O–H groups in total. The molecule has 94 valence electrons. The summed E-state index contributed by atoms with van der Waals surface area (Å²) < 4.78 is 0. The van der Waals surface area contributed by atoms with Gasteiger partial charge >= 0.3 is 6.03 Å². The van der Waals surface area contributed by atoms with E-state index in [4.69, 9.17) is 0 Å². The average Bonchev–Trinajstić information content (AvgIpc) is 3.16. The number of hydrogen-bond donors (Lipinski definition) is 1. The summed E-state index contributed by atoms with van der Waals surface area (Å²) >= 11 is 0. The normalized spacial score (nSPS) is 23.3. The average molecular weight is 244 g/mol. The number of carbonyl (C=O) groups is 2. The third-order valence-electron chi connectivity index (χ3n) is 3.53. The zero-order valence-corrected chi connectivity index (χ0v) is 10.1. The van der Waals surface area contributed by atoms with Crippen molar-refractivity contribution in [3.8, 4) is 0 Å². The van der Waals surface area contributed by atoms with Gasteiger partial charge in [0.15, 0.2) is 0 Å². The van der Waals surface area contributed by atoms with Crippen molar-refractivity contribution in [2.45, 2.75) is 37.8 Å². The van der Waals surface area contributed by atoms with Crippen molar-refractivity contribution < 1.29 is 9.59 Å². The highest BCUT2D eigenvalue weighted by molar-refractivity contribution is 6.04. The van der Waals surface area contributed by atoms with Gasteiger partial charge < -0.3 is 5.32 Å². The van der Waals surface area contributed by atoms with E-state index in [1.807, 2.05) is 30.3 Å². The van der Waals surface area contributed by atoms with Gasteiger partial charge in [0, 0.05) is 6.04 Å². The zero-order chi connectivity index (χ0) is 12.5. The van der Waals surface area contributed by atoms with Gasteiger partial charge in [0.05, 0.1) is 0 Å². The highest BCUT2D eigenvalue weighted by Gasteiger charge is 2.45. The van der Waals surface area contributed by atoms with Crippen LogP contribution in [-0.4, -0.2) is 28.9 Å². The van der Waals surface area contributed by atoms with E-state index < -0.39 is 0 Å². The van der Waals surface area contributed by atoms with Crippen molar-refractivity contribution in [2.75, 3.05) is 0 Å². The smallest absolute Gasteiger partial charge is 0.325 e. The maximum absolute atomic E-state index is 12.1. The van der Waals surface area contributed by atoms with Gasteiger partial charge in [-0.25, -0.2) is 4.79 Å². The molecular formula is C14H16N2O2. The van der Waals surface area contributed by atoms with Crippen LogP contribution in [0.25, 0.3) is 0 Å². The molecule has 1 aliphatic carbocycles. The lowest BCUT2D eigenvalue weighted by Gasteiger charge is -2.11. The number of carbonyl (C=O) groups excluding carboxylic acids is 2. The van der Waals surface area contributed by atoms with Crippen molar-refractivity contribution >= 4 is 11.9 Å². The van der Waals surface area contributed by atoms with Crippen molar-refractivity contribution in [3.63, 3.8) is 0 Å². The number of urea groups is 1. The number of nitrogens with one attached hydrogen (secondary N) is 1. The quantitative estimate of drug-likeness (QED) is 0.820. The fraction of sp³-hybridized carbons (Fsp3) is 0.429. The Bertz CT molecular complexity index is 468. The molecule has 0 radical (unpaired) electrons. The monoisotopic (exact) mass is 244 g/mol. The van der Waals surface area contributed by atoms with Gasteiger partial charge in [-0.1, -0.05) is 30.3 Å². The van der Waals surface area contributed by atoms with Crippen LogP contribution in [0.15, 0.2) is 30.3 Å². The molecule has 1 aromatic carbocycles. The second-order valence-corrected chi connectivity index (χ2v) is 4.97. The number of amides is 3. The number of rotatable bonds is 4. The first kappa shape index (κ1) is 11.3. The lowest BCUT2D eigenvalue weighted by molar-refractivity contribution is -0.127. The Labute approximate surface area is 106 Å². The molecule has 1 aromatic rings. The highest BCUT2D eigenvalue weighted by Crippen LogP contribution is 2.30. The molecule has 0 spiro atoms. The summed E-state index contributed by atoms with van der Waals surface area (Å²) in [6, 6.07) is 9.65. The van der Waals surface area contributed by atoms with E-state index in [1.54, 1.807) is 0 Å². The first-order valence-electron chi connectivity index (χ1n) is 6.43. The van der Waals surface area contributed by atoms with Crippen LogP contribution >= 0.6 is 0 Å². The standard InChI is InChI=1S/C14H16N2O2/c17-13-12(9-6-10-4-2-1-3-5-10)15-14(18)16(13)11-7-8-11/h1-5,11-12H,6-9H2,(H,15,18). The topological polar surface area (TPSA) is 49.4 Å². The van der Waals surface area contributed by atoms with Crippen LogP contribution in [0, 0.1) is 0 Å². The van der Waals surface area contributed by atoms with Gasteiger partial charge in [-0.05, 0) is 31.2 Å². The fourth-order valence-electron chi connectivity index (χ4n) is 2.38. The molecule has 4 nitrogen and oxygen atoms in total. The van der Waals surface area contributed by atoms with Gasteiger partial charge in [-0.2, -0.15) is 0 Å². The summed E-state index contributed by atoms with van der Waals surface area (Å²) in [4.78, 5) is 25.2. The number of benzene rings is 1. The van der Waals surface area contributed by atoms with Gasteiger partial charge in [0.1, 0.15) is 6.04 Å². The summed E-state index contributed by atoms with van der Waals surface area (Å²) in [6.45, 7) is 0. The SMILES string of the molecule is O=C1NC(CCc2ccccc2)C(=O)N1C1CC1. The van der Waals surface area contributed by atoms with Crippen molar-refractivity contribution in [1.29, 1.82) is 0 Å². The number of aryl methyl sites for hydroxylation is 1. The molecule has 4 heteroatoms. The Morgan fingerprint density at radius 2 is 1.89 bits per heavy atom. The molecule has 0 bridgehead atoms. The van der Waals surface area contributed by atoms with Crippen molar-refractivity contribution in [2.24, 2.45) is 0 Å². The van der Waals surface area contributed by atoms with E-state index in [2.05, 4.69) is 5.32 Å².